The van der Waals surface area contributed by atoms with E-state index in [1.165, 1.54) is 5.56 Å². The van der Waals surface area contributed by atoms with Crippen LogP contribution in [-0.4, -0.2) is 60.9 Å². The van der Waals surface area contributed by atoms with Crippen LogP contribution in [0, 0.1) is 0 Å². The van der Waals surface area contributed by atoms with E-state index in [2.05, 4.69) is 11.0 Å². The highest BCUT2D eigenvalue weighted by molar-refractivity contribution is 5.96. The maximum absolute atomic E-state index is 12.9. The molecular formula is C23H28N4O2. The van der Waals surface area contributed by atoms with Crippen molar-refractivity contribution in [2.45, 2.75) is 19.4 Å². The van der Waals surface area contributed by atoms with Crippen LogP contribution in [0.1, 0.15) is 27.9 Å². The van der Waals surface area contributed by atoms with Crippen LogP contribution >= 0.6 is 0 Å². The lowest BCUT2D eigenvalue weighted by molar-refractivity contribution is -0.120. The Bertz CT molecular complexity index is 873. The topological polar surface area (TPSA) is 69.9 Å². The maximum atomic E-state index is 12.9. The standard InChI is InChI=1S/C23H28N4O2/c24-16-18-7-9-20(10-8-18)23(29)26-14-12-25(13-15-26)17-22(28)27-11-3-5-19-4-1-2-6-21(19)27/h1-2,4,6-10H,3,5,11-17,24H2. The van der Waals surface area contributed by atoms with E-state index in [1.807, 2.05) is 52.3 Å². The molecule has 152 valence electrons. The van der Waals surface area contributed by atoms with E-state index in [9.17, 15) is 9.59 Å². The second kappa shape index (κ2) is 8.76. The average Bonchev–Trinajstić information content (AvgIpc) is 2.78. The summed E-state index contributed by atoms with van der Waals surface area (Å²) in [5, 5.41) is 0. The lowest BCUT2D eigenvalue weighted by Gasteiger charge is -2.36. The number of benzene rings is 2. The van der Waals surface area contributed by atoms with Crippen LogP contribution in [0.2, 0.25) is 0 Å². The Hall–Kier alpha value is -2.70. The molecule has 0 saturated carbocycles. The van der Waals surface area contributed by atoms with E-state index in [0.717, 1.165) is 30.6 Å². The average molecular weight is 393 g/mol. The molecule has 29 heavy (non-hydrogen) atoms. The number of nitrogens with two attached hydrogens (primary N) is 1. The summed E-state index contributed by atoms with van der Waals surface area (Å²) in [6.45, 7) is 4.38. The van der Waals surface area contributed by atoms with Crippen LogP contribution in [0.25, 0.3) is 0 Å². The van der Waals surface area contributed by atoms with Gasteiger partial charge in [0.2, 0.25) is 5.91 Å². The Kier molecular flexibility index (Phi) is 5.92. The first kappa shape index (κ1) is 19.6. The van der Waals surface area contributed by atoms with Crippen molar-refractivity contribution in [3.63, 3.8) is 0 Å². The number of piperazine rings is 1. The molecule has 0 radical (unpaired) electrons. The van der Waals surface area contributed by atoms with Crippen LogP contribution in [0.4, 0.5) is 5.69 Å². The highest BCUT2D eigenvalue weighted by Crippen LogP contribution is 2.26. The Morgan fingerprint density at radius 3 is 2.34 bits per heavy atom. The van der Waals surface area contributed by atoms with Gasteiger partial charge in [-0.1, -0.05) is 30.3 Å². The minimum Gasteiger partial charge on any atom is -0.336 e. The zero-order valence-electron chi connectivity index (χ0n) is 16.7. The number of aryl methyl sites for hydroxylation is 1. The van der Waals surface area contributed by atoms with Crippen molar-refractivity contribution in [1.29, 1.82) is 0 Å². The Labute approximate surface area is 171 Å². The summed E-state index contributed by atoms with van der Waals surface area (Å²) >= 11 is 0. The van der Waals surface area contributed by atoms with Gasteiger partial charge in [-0.25, -0.2) is 0 Å². The fraction of sp³-hybridized carbons (Fsp3) is 0.391. The number of carbonyl (C=O) groups is 2. The molecule has 0 aromatic heterocycles. The van der Waals surface area contributed by atoms with Crippen molar-refractivity contribution >= 4 is 17.5 Å². The van der Waals surface area contributed by atoms with E-state index in [1.54, 1.807) is 0 Å². The van der Waals surface area contributed by atoms with E-state index in [-0.39, 0.29) is 11.8 Å². The smallest absolute Gasteiger partial charge is 0.253 e. The molecule has 0 bridgehead atoms. The third-order valence-corrected chi connectivity index (χ3v) is 5.87. The third-order valence-electron chi connectivity index (χ3n) is 5.87. The van der Waals surface area contributed by atoms with Gasteiger partial charge in [0.15, 0.2) is 0 Å². The summed E-state index contributed by atoms with van der Waals surface area (Å²) in [6.07, 6.45) is 2.04. The van der Waals surface area contributed by atoms with Crippen LogP contribution < -0.4 is 10.6 Å². The van der Waals surface area contributed by atoms with Gasteiger partial charge in [0, 0.05) is 50.5 Å². The van der Waals surface area contributed by atoms with Crippen LogP contribution in [0.15, 0.2) is 48.5 Å². The summed E-state index contributed by atoms with van der Waals surface area (Å²) in [5.41, 5.74) is 9.64. The number of hydrogen-bond donors (Lipinski definition) is 1. The second-order valence-corrected chi connectivity index (χ2v) is 7.75. The number of nitrogens with zero attached hydrogens (tertiary/aromatic N) is 3. The minimum atomic E-state index is 0.0458. The largest absolute Gasteiger partial charge is 0.336 e. The van der Waals surface area contributed by atoms with Gasteiger partial charge in [-0.2, -0.15) is 0 Å². The molecule has 4 rings (SSSR count). The molecule has 2 aromatic rings. The quantitative estimate of drug-likeness (QED) is 0.863. The summed E-state index contributed by atoms with van der Waals surface area (Å²) in [5.74, 6) is 0.193. The third kappa shape index (κ3) is 4.33. The Balaban J connectivity index is 1.32. The zero-order valence-corrected chi connectivity index (χ0v) is 16.7. The van der Waals surface area contributed by atoms with E-state index in [4.69, 9.17) is 5.73 Å². The zero-order chi connectivity index (χ0) is 20.2. The van der Waals surface area contributed by atoms with Crippen molar-refractivity contribution in [3.8, 4) is 0 Å². The highest BCUT2D eigenvalue weighted by atomic mass is 16.2. The van der Waals surface area contributed by atoms with Crippen molar-refractivity contribution in [3.05, 3.63) is 65.2 Å². The summed E-state index contributed by atoms with van der Waals surface area (Å²) in [4.78, 5) is 31.6. The molecule has 1 fully saturated rings. The first-order valence-electron chi connectivity index (χ1n) is 10.3. The molecular weight excluding hydrogens is 364 g/mol. The van der Waals surface area contributed by atoms with E-state index < -0.39 is 0 Å². The first-order valence-corrected chi connectivity index (χ1v) is 10.3. The number of carbonyl (C=O) groups excluding carboxylic acids is 2. The van der Waals surface area contributed by atoms with Crippen molar-refractivity contribution in [1.82, 2.24) is 9.80 Å². The number of para-hydroxylation sites is 1. The van der Waals surface area contributed by atoms with Crippen LogP contribution in [-0.2, 0) is 17.8 Å². The highest BCUT2D eigenvalue weighted by Gasteiger charge is 2.27. The SMILES string of the molecule is NCc1ccc(C(=O)N2CCN(CC(=O)N3CCCc4ccccc43)CC2)cc1. The van der Waals surface area contributed by atoms with E-state index in [0.29, 0.717) is 44.8 Å². The van der Waals surface area contributed by atoms with Crippen LogP contribution in [0.3, 0.4) is 0 Å². The lowest BCUT2D eigenvalue weighted by Crippen LogP contribution is -2.52. The van der Waals surface area contributed by atoms with Gasteiger partial charge in [0.1, 0.15) is 0 Å². The number of rotatable bonds is 4. The van der Waals surface area contributed by atoms with Gasteiger partial charge in [-0.3, -0.25) is 14.5 Å². The van der Waals surface area contributed by atoms with Crippen molar-refractivity contribution in [2.24, 2.45) is 5.73 Å². The lowest BCUT2D eigenvalue weighted by atomic mass is 10.0. The molecule has 0 spiro atoms. The molecule has 0 unspecified atom stereocenters. The van der Waals surface area contributed by atoms with Gasteiger partial charge in [-0.05, 0) is 42.2 Å². The number of anilines is 1. The normalized spacial score (nSPS) is 17.1. The molecule has 1 saturated heterocycles. The van der Waals surface area contributed by atoms with Gasteiger partial charge in [-0.15, -0.1) is 0 Å². The molecule has 2 aliphatic heterocycles. The van der Waals surface area contributed by atoms with Gasteiger partial charge in [0.25, 0.3) is 5.91 Å². The monoisotopic (exact) mass is 392 g/mol. The maximum Gasteiger partial charge on any atom is 0.253 e. The van der Waals surface area contributed by atoms with Crippen molar-refractivity contribution in [2.75, 3.05) is 44.2 Å². The van der Waals surface area contributed by atoms with E-state index >= 15 is 0 Å². The van der Waals surface area contributed by atoms with Gasteiger partial charge in [0.05, 0.1) is 6.54 Å². The summed E-state index contributed by atoms with van der Waals surface area (Å²) < 4.78 is 0. The fourth-order valence-electron chi connectivity index (χ4n) is 4.14. The molecule has 2 amide bonds. The Morgan fingerprint density at radius 1 is 0.897 bits per heavy atom. The molecule has 6 nitrogen and oxygen atoms in total. The predicted molar refractivity (Wildman–Crippen MR) is 114 cm³/mol. The Morgan fingerprint density at radius 2 is 1.62 bits per heavy atom. The minimum absolute atomic E-state index is 0.0458. The number of amides is 2. The van der Waals surface area contributed by atoms with Gasteiger partial charge < -0.3 is 15.5 Å². The molecule has 0 aliphatic carbocycles. The van der Waals surface area contributed by atoms with Gasteiger partial charge >= 0.3 is 0 Å². The molecule has 2 N–H and O–H groups in total. The molecule has 2 aromatic carbocycles. The first-order chi connectivity index (χ1) is 14.2. The summed E-state index contributed by atoms with van der Waals surface area (Å²) in [6, 6.07) is 15.7. The number of fused-ring (bicyclic) bond motifs is 1. The predicted octanol–water partition coefficient (Wildman–Crippen LogP) is 1.88. The molecule has 2 aliphatic rings. The molecule has 0 atom stereocenters. The molecule has 6 heteroatoms. The second-order valence-electron chi connectivity index (χ2n) is 7.75. The van der Waals surface area contributed by atoms with Crippen LogP contribution in [0.5, 0.6) is 0 Å². The molecule has 2 heterocycles. The fourth-order valence-corrected chi connectivity index (χ4v) is 4.14. The summed E-state index contributed by atoms with van der Waals surface area (Å²) in [7, 11) is 0. The number of hydrogen-bond acceptors (Lipinski definition) is 4. The van der Waals surface area contributed by atoms with Crippen molar-refractivity contribution < 1.29 is 9.59 Å².